The summed E-state index contributed by atoms with van der Waals surface area (Å²) in [6.07, 6.45) is 0. The number of nitrogens with two attached hydrogens (primary N) is 1. The van der Waals surface area contributed by atoms with Crippen LogP contribution in [0.2, 0.25) is 0 Å². The molecule has 100 valence electrons. The van der Waals surface area contributed by atoms with E-state index < -0.39 is 5.41 Å². The van der Waals surface area contributed by atoms with Crippen molar-refractivity contribution in [2.75, 3.05) is 25.6 Å². The minimum absolute atomic E-state index is 0.0195. The van der Waals surface area contributed by atoms with E-state index in [0.29, 0.717) is 12.3 Å². The number of amides is 1. The molecule has 4 heteroatoms. The lowest BCUT2D eigenvalue weighted by atomic mass is 9.91. The number of hydrogen-bond acceptors (Lipinski definition) is 3. The number of carbonyl (C=O) groups is 1. The van der Waals surface area contributed by atoms with Gasteiger partial charge < -0.3 is 15.4 Å². The van der Waals surface area contributed by atoms with E-state index in [0.717, 1.165) is 11.3 Å². The van der Waals surface area contributed by atoms with E-state index >= 15 is 0 Å². The molecule has 0 unspecified atom stereocenters. The molecule has 0 saturated heterocycles. The third-order valence-corrected chi connectivity index (χ3v) is 3.09. The van der Waals surface area contributed by atoms with Crippen molar-refractivity contribution in [2.24, 2.45) is 11.1 Å². The highest BCUT2D eigenvalue weighted by atomic mass is 16.5. The van der Waals surface area contributed by atoms with Gasteiger partial charge in [-0.05, 0) is 38.5 Å². The second kappa shape index (κ2) is 5.40. The molecular formula is C14H22N2O2. The number of ether oxygens (including phenoxy) is 1. The van der Waals surface area contributed by atoms with E-state index in [-0.39, 0.29) is 5.91 Å². The van der Waals surface area contributed by atoms with Gasteiger partial charge in [-0.2, -0.15) is 0 Å². The topological polar surface area (TPSA) is 55.6 Å². The number of aryl methyl sites for hydroxylation is 1. The fourth-order valence-corrected chi connectivity index (χ4v) is 1.71. The first-order valence-electron chi connectivity index (χ1n) is 5.96. The molecule has 0 bridgehead atoms. The molecule has 18 heavy (non-hydrogen) atoms. The number of benzene rings is 1. The van der Waals surface area contributed by atoms with Crippen LogP contribution in [0.3, 0.4) is 0 Å². The van der Waals surface area contributed by atoms with Gasteiger partial charge in [0.1, 0.15) is 5.75 Å². The van der Waals surface area contributed by atoms with Gasteiger partial charge in [-0.1, -0.05) is 6.07 Å². The van der Waals surface area contributed by atoms with Crippen LogP contribution in [0.1, 0.15) is 19.4 Å². The van der Waals surface area contributed by atoms with Crippen LogP contribution in [-0.2, 0) is 4.79 Å². The van der Waals surface area contributed by atoms with E-state index in [1.807, 2.05) is 39.0 Å². The van der Waals surface area contributed by atoms with Crippen molar-refractivity contribution in [1.29, 1.82) is 0 Å². The van der Waals surface area contributed by atoms with Gasteiger partial charge in [-0.15, -0.1) is 0 Å². The fraction of sp³-hybridized carbons (Fsp3) is 0.500. The molecule has 0 fully saturated rings. The highest BCUT2D eigenvalue weighted by molar-refractivity contribution is 5.98. The Labute approximate surface area is 109 Å². The Morgan fingerprint density at radius 2 is 2.06 bits per heavy atom. The lowest BCUT2D eigenvalue weighted by molar-refractivity contribution is -0.125. The predicted octanol–water partition coefficient (Wildman–Crippen LogP) is 1.95. The maximum atomic E-state index is 12.4. The number of anilines is 1. The van der Waals surface area contributed by atoms with Gasteiger partial charge in [0, 0.05) is 13.6 Å². The number of methoxy groups -OCH3 is 1. The molecule has 0 aromatic heterocycles. The highest BCUT2D eigenvalue weighted by Gasteiger charge is 2.30. The van der Waals surface area contributed by atoms with Crippen LogP contribution < -0.4 is 15.4 Å². The van der Waals surface area contributed by atoms with Crippen molar-refractivity contribution >= 4 is 11.6 Å². The monoisotopic (exact) mass is 250 g/mol. The minimum atomic E-state index is -0.580. The van der Waals surface area contributed by atoms with Crippen LogP contribution in [0.25, 0.3) is 0 Å². The average molecular weight is 250 g/mol. The van der Waals surface area contributed by atoms with Crippen LogP contribution >= 0.6 is 0 Å². The van der Waals surface area contributed by atoms with Crippen molar-refractivity contribution < 1.29 is 9.53 Å². The fourth-order valence-electron chi connectivity index (χ4n) is 1.71. The second-order valence-corrected chi connectivity index (χ2v) is 5.13. The van der Waals surface area contributed by atoms with Crippen LogP contribution in [0.15, 0.2) is 18.2 Å². The Bertz CT molecular complexity index is 441. The summed E-state index contributed by atoms with van der Waals surface area (Å²) in [7, 11) is 3.34. The van der Waals surface area contributed by atoms with Gasteiger partial charge in [0.05, 0.1) is 18.2 Å². The Balaban J connectivity index is 3.14. The molecule has 0 radical (unpaired) electrons. The smallest absolute Gasteiger partial charge is 0.233 e. The van der Waals surface area contributed by atoms with Gasteiger partial charge >= 0.3 is 0 Å². The van der Waals surface area contributed by atoms with E-state index in [1.165, 1.54) is 0 Å². The zero-order valence-electron chi connectivity index (χ0n) is 11.8. The van der Waals surface area contributed by atoms with Gasteiger partial charge in [0.25, 0.3) is 0 Å². The normalized spacial score (nSPS) is 11.2. The second-order valence-electron chi connectivity index (χ2n) is 5.13. The minimum Gasteiger partial charge on any atom is -0.495 e. The average Bonchev–Trinajstić information content (AvgIpc) is 2.36. The summed E-state index contributed by atoms with van der Waals surface area (Å²) in [5.41, 5.74) is 6.91. The van der Waals surface area contributed by atoms with Gasteiger partial charge in [-0.3, -0.25) is 4.79 Å². The first kappa shape index (κ1) is 14.5. The molecular weight excluding hydrogens is 228 g/mol. The summed E-state index contributed by atoms with van der Waals surface area (Å²) in [5, 5.41) is 0. The summed E-state index contributed by atoms with van der Waals surface area (Å²) >= 11 is 0. The van der Waals surface area contributed by atoms with Crippen LogP contribution in [0, 0.1) is 12.3 Å². The lowest BCUT2D eigenvalue weighted by Gasteiger charge is -2.29. The molecule has 1 amide bonds. The molecule has 2 N–H and O–H groups in total. The molecule has 0 aliphatic heterocycles. The zero-order valence-corrected chi connectivity index (χ0v) is 11.8. The van der Waals surface area contributed by atoms with E-state index in [4.69, 9.17) is 10.5 Å². The molecule has 4 nitrogen and oxygen atoms in total. The summed E-state index contributed by atoms with van der Waals surface area (Å²) in [5.74, 6) is 0.665. The number of nitrogens with zero attached hydrogens (tertiary/aromatic N) is 1. The zero-order chi connectivity index (χ0) is 13.9. The number of hydrogen-bond donors (Lipinski definition) is 1. The van der Waals surface area contributed by atoms with Gasteiger partial charge in [-0.25, -0.2) is 0 Å². The molecule has 1 aromatic rings. The van der Waals surface area contributed by atoms with Crippen molar-refractivity contribution in [3.8, 4) is 5.75 Å². The largest absolute Gasteiger partial charge is 0.495 e. The van der Waals surface area contributed by atoms with Crippen molar-refractivity contribution in [2.45, 2.75) is 20.8 Å². The molecule has 0 aliphatic rings. The number of rotatable bonds is 4. The molecule has 1 aromatic carbocycles. The Hall–Kier alpha value is -1.55. The summed E-state index contributed by atoms with van der Waals surface area (Å²) in [6.45, 7) is 5.97. The van der Waals surface area contributed by atoms with E-state index in [9.17, 15) is 4.79 Å². The Morgan fingerprint density at radius 1 is 1.44 bits per heavy atom. The quantitative estimate of drug-likeness (QED) is 0.888. The van der Waals surface area contributed by atoms with E-state index in [1.54, 1.807) is 19.1 Å². The summed E-state index contributed by atoms with van der Waals surface area (Å²) in [6, 6.07) is 5.75. The predicted molar refractivity (Wildman–Crippen MR) is 74.0 cm³/mol. The Morgan fingerprint density at radius 3 is 2.56 bits per heavy atom. The standard InChI is InChI=1S/C14H22N2O2/c1-10-6-7-12(18-5)11(8-10)16(4)13(17)14(2,3)9-15/h6-8H,9,15H2,1-5H3. The molecule has 0 atom stereocenters. The van der Waals surface area contributed by atoms with Gasteiger partial charge in [0.2, 0.25) is 5.91 Å². The molecule has 0 heterocycles. The van der Waals surface area contributed by atoms with Crippen LogP contribution in [0.4, 0.5) is 5.69 Å². The van der Waals surface area contributed by atoms with Crippen LogP contribution in [0.5, 0.6) is 5.75 Å². The lowest BCUT2D eigenvalue weighted by Crippen LogP contribution is -2.43. The maximum absolute atomic E-state index is 12.4. The van der Waals surface area contributed by atoms with Gasteiger partial charge in [0.15, 0.2) is 0 Å². The highest BCUT2D eigenvalue weighted by Crippen LogP contribution is 2.31. The van der Waals surface area contributed by atoms with Crippen molar-refractivity contribution in [3.05, 3.63) is 23.8 Å². The first-order chi connectivity index (χ1) is 8.33. The third-order valence-electron chi connectivity index (χ3n) is 3.09. The summed E-state index contributed by atoms with van der Waals surface area (Å²) < 4.78 is 5.29. The molecule has 1 rings (SSSR count). The van der Waals surface area contributed by atoms with Crippen molar-refractivity contribution in [1.82, 2.24) is 0 Å². The first-order valence-corrected chi connectivity index (χ1v) is 5.96. The van der Waals surface area contributed by atoms with Crippen molar-refractivity contribution in [3.63, 3.8) is 0 Å². The maximum Gasteiger partial charge on any atom is 0.233 e. The molecule has 0 saturated carbocycles. The SMILES string of the molecule is COc1ccc(C)cc1N(C)C(=O)C(C)(C)CN. The van der Waals surface area contributed by atoms with Crippen LogP contribution in [-0.4, -0.2) is 26.6 Å². The molecule has 0 spiro atoms. The summed E-state index contributed by atoms with van der Waals surface area (Å²) in [4.78, 5) is 14.0. The third kappa shape index (κ3) is 2.82. The van der Waals surface area contributed by atoms with E-state index in [2.05, 4.69) is 0 Å². The Kier molecular flexibility index (Phi) is 4.35. The molecule has 0 aliphatic carbocycles. The number of carbonyl (C=O) groups excluding carboxylic acids is 1.